The molecule has 0 spiro atoms. The van der Waals surface area contributed by atoms with Crippen LogP contribution >= 0.6 is 0 Å². The van der Waals surface area contributed by atoms with Crippen molar-refractivity contribution in [1.82, 2.24) is 0 Å². The Kier molecular flexibility index (Phi) is 5.16. The molecule has 10 atom stereocenters. The van der Waals surface area contributed by atoms with Crippen LogP contribution in [0.25, 0.3) is 0 Å². The van der Waals surface area contributed by atoms with Gasteiger partial charge in [0.15, 0.2) is 0 Å². The van der Waals surface area contributed by atoms with Gasteiger partial charge in [0.1, 0.15) is 6.10 Å². The van der Waals surface area contributed by atoms with Gasteiger partial charge in [0.2, 0.25) is 0 Å². The number of esters is 1. The van der Waals surface area contributed by atoms with Crippen LogP contribution in [0.5, 0.6) is 0 Å². The SMILES string of the molecule is CC(=O)O[C@H]1CC[C@]2(C)[C@H]3CC[C@@H]4[C@H]5[C@@H]6OC[C@@]5(CCC6(C)C)CC[C@@]4(C)[C@]3(C)CC[C@H]2C1(C)C. The number of ether oxygens (including phenoxy) is 2. The second-order valence-electron chi connectivity index (χ2n) is 16.2. The summed E-state index contributed by atoms with van der Waals surface area (Å²) in [4.78, 5) is 11.9. The molecule has 2 bridgehead atoms. The second kappa shape index (κ2) is 7.29. The molecular formula is C32H52O3. The van der Waals surface area contributed by atoms with Crippen molar-refractivity contribution in [2.45, 2.75) is 132 Å². The van der Waals surface area contributed by atoms with E-state index in [2.05, 4.69) is 48.5 Å². The highest BCUT2D eigenvalue weighted by atomic mass is 16.5. The van der Waals surface area contributed by atoms with Crippen molar-refractivity contribution in [3.05, 3.63) is 0 Å². The van der Waals surface area contributed by atoms with Crippen LogP contribution in [0, 0.1) is 56.2 Å². The Morgan fingerprint density at radius 2 is 1.49 bits per heavy atom. The average Bonchev–Trinajstić information content (AvgIpc) is 3.10. The minimum absolute atomic E-state index is 0.0503. The first-order valence-electron chi connectivity index (χ1n) is 15.0. The molecule has 0 unspecified atom stereocenters. The van der Waals surface area contributed by atoms with Crippen molar-refractivity contribution < 1.29 is 14.3 Å². The maximum absolute atomic E-state index is 11.9. The van der Waals surface area contributed by atoms with Crippen LogP contribution < -0.4 is 0 Å². The van der Waals surface area contributed by atoms with E-state index in [0.717, 1.165) is 30.8 Å². The van der Waals surface area contributed by atoms with Crippen LogP contribution in [0.2, 0.25) is 0 Å². The highest BCUT2D eigenvalue weighted by Gasteiger charge is 2.72. The summed E-state index contributed by atoms with van der Waals surface area (Å²) >= 11 is 0. The van der Waals surface area contributed by atoms with Gasteiger partial charge in [-0.05, 0) is 115 Å². The Morgan fingerprint density at radius 1 is 0.771 bits per heavy atom. The molecule has 6 rings (SSSR count). The molecule has 198 valence electrons. The van der Waals surface area contributed by atoms with Crippen LogP contribution in [0.15, 0.2) is 0 Å². The van der Waals surface area contributed by atoms with Crippen molar-refractivity contribution in [2.24, 2.45) is 56.2 Å². The fourth-order valence-corrected chi connectivity index (χ4v) is 12.4. The maximum atomic E-state index is 11.9. The molecule has 6 fully saturated rings. The number of hydrogen-bond acceptors (Lipinski definition) is 3. The van der Waals surface area contributed by atoms with E-state index in [1.165, 1.54) is 57.8 Å². The average molecular weight is 485 g/mol. The van der Waals surface area contributed by atoms with E-state index in [9.17, 15) is 4.79 Å². The first kappa shape index (κ1) is 24.7. The van der Waals surface area contributed by atoms with Crippen molar-refractivity contribution in [2.75, 3.05) is 6.61 Å². The molecule has 1 aliphatic heterocycles. The predicted molar refractivity (Wildman–Crippen MR) is 140 cm³/mol. The smallest absolute Gasteiger partial charge is 0.302 e. The minimum atomic E-state index is -0.108. The Morgan fingerprint density at radius 3 is 2.20 bits per heavy atom. The molecule has 5 aliphatic carbocycles. The molecule has 0 aromatic heterocycles. The summed E-state index contributed by atoms with van der Waals surface area (Å²) in [6.45, 7) is 20.5. The fourth-order valence-electron chi connectivity index (χ4n) is 12.4. The number of carbonyl (C=O) groups is 1. The summed E-state index contributed by atoms with van der Waals surface area (Å²) in [6.07, 6.45) is 13.7. The molecule has 1 saturated heterocycles. The maximum Gasteiger partial charge on any atom is 0.302 e. The number of carbonyl (C=O) groups excluding carboxylic acids is 1. The number of rotatable bonds is 1. The second-order valence-corrected chi connectivity index (χ2v) is 16.2. The zero-order valence-corrected chi connectivity index (χ0v) is 24.0. The Balaban J connectivity index is 1.35. The molecule has 6 aliphatic rings. The van der Waals surface area contributed by atoms with Crippen LogP contribution in [-0.4, -0.2) is 24.8 Å². The number of fused-ring (bicyclic) bond motifs is 5. The summed E-state index contributed by atoms with van der Waals surface area (Å²) in [6, 6.07) is 0. The monoisotopic (exact) mass is 484 g/mol. The molecule has 0 amide bonds. The van der Waals surface area contributed by atoms with Gasteiger partial charge >= 0.3 is 5.97 Å². The standard InChI is InChI=1S/C32H52O3/c1-20(33)35-24-12-13-29(6)22(28(24,4)5)11-14-31(8)23(29)10-9-21-25-26-27(2,3)15-17-32(25,19-34-26)18-16-30(21,31)7/h21-26H,9-19H2,1-8H3/t21-,22+,23-,24+,25+,26+,29+,30-,31-,32-/m1/s1. The van der Waals surface area contributed by atoms with Gasteiger partial charge in [-0.3, -0.25) is 4.79 Å². The fraction of sp³-hybridized carbons (Fsp3) is 0.969. The third-order valence-electron chi connectivity index (χ3n) is 14.4. The Labute approximate surface area is 214 Å². The highest BCUT2D eigenvalue weighted by molar-refractivity contribution is 5.66. The van der Waals surface area contributed by atoms with E-state index in [4.69, 9.17) is 9.47 Å². The first-order valence-corrected chi connectivity index (χ1v) is 15.0. The third kappa shape index (κ3) is 2.97. The molecule has 0 aromatic carbocycles. The van der Waals surface area contributed by atoms with Crippen LogP contribution in [0.3, 0.4) is 0 Å². The van der Waals surface area contributed by atoms with Gasteiger partial charge < -0.3 is 9.47 Å². The zero-order chi connectivity index (χ0) is 25.2. The molecular weight excluding hydrogens is 432 g/mol. The van der Waals surface area contributed by atoms with E-state index in [0.29, 0.717) is 39.1 Å². The van der Waals surface area contributed by atoms with Gasteiger partial charge in [0.25, 0.3) is 0 Å². The highest BCUT2D eigenvalue weighted by Crippen LogP contribution is 2.78. The number of hydrogen-bond donors (Lipinski definition) is 0. The van der Waals surface area contributed by atoms with Crippen LogP contribution in [0.4, 0.5) is 0 Å². The largest absolute Gasteiger partial charge is 0.462 e. The summed E-state index contributed by atoms with van der Waals surface area (Å²) < 4.78 is 12.7. The summed E-state index contributed by atoms with van der Waals surface area (Å²) in [5, 5.41) is 0. The lowest BCUT2D eigenvalue weighted by molar-refractivity contribution is -0.254. The Bertz CT molecular complexity index is 906. The molecule has 0 radical (unpaired) electrons. The van der Waals surface area contributed by atoms with E-state index in [1.807, 2.05) is 0 Å². The lowest BCUT2D eigenvalue weighted by Gasteiger charge is -2.73. The summed E-state index contributed by atoms with van der Waals surface area (Å²) in [5.41, 5.74) is 2.00. The summed E-state index contributed by atoms with van der Waals surface area (Å²) in [5.74, 6) is 2.88. The van der Waals surface area contributed by atoms with Crippen molar-refractivity contribution in [3.8, 4) is 0 Å². The topological polar surface area (TPSA) is 35.5 Å². The molecule has 0 aromatic rings. The molecule has 5 saturated carbocycles. The van der Waals surface area contributed by atoms with Crippen LogP contribution in [-0.2, 0) is 14.3 Å². The van der Waals surface area contributed by atoms with Gasteiger partial charge in [-0.2, -0.15) is 0 Å². The van der Waals surface area contributed by atoms with Crippen LogP contribution in [0.1, 0.15) is 120 Å². The van der Waals surface area contributed by atoms with Gasteiger partial charge in [0, 0.05) is 12.3 Å². The normalized spacial score (nSPS) is 55.7. The van der Waals surface area contributed by atoms with Crippen molar-refractivity contribution >= 4 is 5.97 Å². The van der Waals surface area contributed by atoms with E-state index in [-0.39, 0.29) is 17.5 Å². The van der Waals surface area contributed by atoms with E-state index < -0.39 is 0 Å². The lowest BCUT2D eigenvalue weighted by Crippen LogP contribution is -2.67. The minimum Gasteiger partial charge on any atom is -0.462 e. The molecule has 1 heterocycles. The molecule has 3 heteroatoms. The molecule has 0 N–H and O–H groups in total. The molecule has 35 heavy (non-hydrogen) atoms. The van der Waals surface area contributed by atoms with Gasteiger partial charge in [-0.15, -0.1) is 0 Å². The van der Waals surface area contributed by atoms with E-state index >= 15 is 0 Å². The quantitative estimate of drug-likeness (QED) is 0.356. The third-order valence-corrected chi connectivity index (χ3v) is 14.4. The van der Waals surface area contributed by atoms with Gasteiger partial charge in [0.05, 0.1) is 12.7 Å². The van der Waals surface area contributed by atoms with Gasteiger partial charge in [-0.25, -0.2) is 0 Å². The molecule has 3 nitrogen and oxygen atoms in total. The Hall–Kier alpha value is -0.570. The van der Waals surface area contributed by atoms with Crippen molar-refractivity contribution in [3.63, 3.8) is 0 Å². The zero-order valence-electron chi connectivity index (χ0n) is 24.0. The lowest BCUT2D eigenvalue weighted by atomic mass is 9.31. The predicted octanol–water partition coefficient (Wildman–Crippen LogP) is 7.81. The van der Waals surface area contributed by atoms with E-state index in [1.54, 1.807) is 6.92 Å². The van der Waals surface area contributed by atoms with Crippen molar-refractivity contribution in [1.29, 1.82) is 0 Å². The summed E-state index contributed by atoms with van der Waals surface area (Å²) in [7, 11) is 0. The van der Waals surface area contributed by atoms with Gasteiger partial charge in [-0.1, -0.05) is 48.5 Å². The first-order chi connectivity index (χ1) is 16.2.